The number of allylic oxidation sites excluding steroid dienone is 2. The molecule has 0 bridgehead atoms. The largest absolute Gasteiger partial charge is 0.493 e. The van der Waals surface area contributed by atoms with Gasteiger partial charge in [-0.3, -0.25) is 0 Å². The molecular formula is C35H50N2. The van der Waals surface area contributed by atoms with Crippen molar-refractivity contribution in [3.63, 3.8) is 0 Å². The van der Waals surface area contributed by atoms with E-state index in [2.05, 4.69) is 76.2 Å². The topological polar surface area (TPSA) is 25.3 Å². The van der Waals surface area contributed by atoms with Gasteiger partial charge in [0.25, 0.3) is 0 Å². The Labute approximate surface area is 227 Å². The Hall–Kier alpha value is -2.48. The Morgan fingerprint density at radius 1 is 0.459 bits per heavy atom. The maximum Gasteiger partial charge on any atom is 0.211 e. The van der Waals surface area contributed by atoms with Gasteiger partial charge < -0.3 is 5.53 Å². The van der Waals surface area contributed by atoms with E-state index < -0.39 is 0 Å². The van der Waals surface area contributed by atoms with Crippen molar-refractivity contribution in [3.05, 3.63) is 87.5 Å². The first kappa shape index (κ1) is 29.1. The van der Waals surface area contributed by atoms with Crippen LogP contribution >= 0.6 is 0 Å². The van der Waals surface area contributed by atoms with E-state index in [4.69, 9.17) is 0 Å². The Bertz CT molecular complexity index is 1040. The highest BCUT2D eigenvalue weighted by Crippen LogP contribution is 2.44. The number of hydrogen-bond donors (Lipinski definition) is 0. The predicted molar refractivity (Wildman–Crippen MR) is 160 cm³/mol. The lowest BCUT2D eigenvalue weighted by molar-refractivity contribution is -0.345. The molecule has 1 heterocycles. The summed E-state index contributed by atoms with van der Waals surface area (Å²) in [5.74, 6) is 0. The highest BCUT2D eigenvalue weighted by atomic mass is 15.2. The van der Waals surface area contributed by atoms with Crippen LogP contribution in [0.1, 0.15) is 133 Å². The second kappa shape index (κ2) is 15.7. The average Bonchev–Trinajstić information content (AvgIpc) is 3.20. The molecule has 0 atom stereocenters. The van der Waals surface area contributed by atoms with Crippen molar-refractivity contribution in [2.24, 2.45) is 0 Å². The molecule has 0 unspecified atom stereocenters. The molecule has 0 radical (unpaired) electrons. The van der Waals surface area contributed by atoms with Crippen molar-refractivity contribution in [1.82, 2.24) is 0 Å². The second-order valence-corrected chi connectivity index (χ2v) is 10.8. The SMILES string of the molecule is CCCCCCc1ccc(C2=C(CCCCC)C(CCCC)=C(c3ccc(CCCC)cc3)[N+]2=[N-])cc1. The number of nitrogens with zero attached hydrogens (tertiary/aromatic N) is 2. The molecule has 0 aromatic heterocycles. The van der Waals surface area contributed by atoms with Crippen LogP contribution in [0.3, 0.4) is 0 Å². The van der Waals surface area contributed by atoms with E-state index in [0.717, 1.165) is 67.5 Å². The number of benzene rings is 2. The lowest BCUT2D eigenvalue weighted by atomic mass is 9.91. The monoisotopic (exact) mass is 498 g/mol. The lowest BCUT2D eigenvalue weighted by Gasteiger charge is -2.11. The highest BCUT2D eigenvalue weighted by Gasteiger charge is 2.35. The maximum absolute atomic E-state index is 11.8. The van der Waals surface area contributed by atoms with Crippen molar-refractivity contribution in [2.45, 2.75) is 124 Å². The third-order valence-electron chi connectivity index (χ3n) is 7.76. The van der Waals surface area contributed by atoms with E-state index in [1.165, 1.54) is 78.3 Å². The van der Waals surface area contributed by atoms with Gasteiger partial charge in [-0.05, 0) is 86.8 Å². The van der Waals surface area contributed by atoms with Gasteiger partial charge in [-0.1, -0.05) is 96.9 Å². The van der Waals surface area contributed by atoms with Gasteiger partial charge in [-0.25, -0.2) is 4.70 Å². The Morgan fingerprint density at radius 2 is 0.838 bits per heavy atom. The molecule has 2 heteroatoms. The first-order valence-electron chi connectivity index (χ1n) is 15.3. The summed E-state index contributed by atoms with van der Waals surface area (Å²) < 4.78 is 1.53. The first-order chi connectivity index (χ1) is 18.1. The molecule has 0 saturated heterocycles. The molecule has 2 aromatic rings. The zero-order chi connectivity index (χ0) is 26.5. The van der Waals surface area contributed by atoms with Gasteiger partial charge in [-0.2, -0.15) is 0 Å². The van der Waals surface area contributed by atoms with Crippen molar-refractivity contribution >= 4 is 11.4 Å². The summed E-state index contributed by atoms with van der Waals surface area (Å²) in [5, 5.41) is 0. The summed E-state index contributed by atoms with van der Waals surface area (Å²) in [6.45, 7) is 9.03. The summed E-state index contributed by atoms with van der Waals surface area (Å²) >= 11 is 0. The van der Waals surface area contributed by atoms with E-state index in [1.54, 1.807) is 0 Å². The van der Waals surface area contributed by atoms with Gasteiger partial charge in [0.1, 0.15) is 0 Å². The molecule has 0 fully saturated rings. The minimum absolute atomic E-state index is 1.00. The van der Waals surface area contributed by atoms with Crippen LogP contribution in [0.5, 0.6) is 0 Å². The molecule has 2 aromatic carbocycles. The summed E-state index contributed by atoms with van der Waals surface area (Å²) in [6.07, 6.45) is 17.8. The fourth-order valence-electron chi connectivity index (χ4n) is 5.49. The van der Waals surface area contributed by atoms with Crippen LogP contribution in [0.2, 0.25) is 0 Å². The smallest absolute Gasteiger partial charge is 0.211 e. The molecule has 2 nitrogen and oxygen atoms in total. The highest BCUT2D eigenvalue weighted by molar-refractivity contribution is 5.82. The van der Waals surface area contributed by atoms with Crippen LogP contribution < -0.4 is 0 Å². The van der Waals surface area contributed by atoms with Gasteiger partial charge in [0, 0.05) is 22.3 Å². The lowest BCUT2D eigenvalue weighted by Crippen LogP contribution is -2.03. The maximum atomic E-state index is 11.8. The molecular weight excluding hydrogens is 448 g/mol. The van der Waals surface area contributed by atoms with Crippen LogP contribution in [0.15, 0.2) is 59.7 Å². The van der Waals surface area contributed by atoms with Gasteiger partial charge in [0.15, 0.2) is 0 Å². The van der Waals surface area contributed by atoms with E-state index >= 15 is 0 Å². The number of rotatable bonds is 17. The molecule has 0 saturated carbocycles. The fraction of sp³-hybridized carbons (Fsp3) is 0.543. The van der Waals surface area contributed by atoms with E-state index in [1.807, 2.05) is 0 Å². The van der Waals surface area contributed by atoms with Gasteiger partial charge in [0.05, 0.1) is 0 Å². The van der Waals surface area contributed by atoms with Crippen LogP contribution in [0, 0.1) is 0 Å². The fourth-order valence-corrected chi connectivity index (χ4v) is 5.49. The van der Waals surface area contributed by atoms with Crippen molar-refractivity contribution in [2.75, 3.05) is 0 Å². The average molecular weight is 499 g/mol. The normalized spacial score (nSPS) is 13.8. The summed E-state index contributed by atoms with van der Waals surface area (Å²) in [4.78, 5) is 0. The third kappa shape index (κ3) is 8.00. The predicted octanol–water partition coefficient (Wildman–Crippen LogP) is 11.1. The summed E-state index contributed by atoms with van der Waals surface area (Å²) in [6, 6.07) is 18.0. The summed E-state index contributed by atoms with van der Waals surface area (Å²) in [7, 11) is 0. The van der Waals surface area contributed by atoms with E-state index in [0.29, 0.717) is 0 Å². The minimum atomic E-state index is 1.00. The van der Waals surface area contributed by atoms with Crippen molar-refractivity contribution in [3.8, 4) is 0 Å². The zero-order valence-corrected chi connectivity index (χ0v) is 24.1. The molecule has 0 spiro atoms. The standard InChI is InChI=1S/C35H50N2/c1-5-9-13-15-17-29-22-26-31(27-23-29)35-33(19-14-10-6-2)32(18-12-8-4)34(37(35)36)30-24-20-28(21-25-30)16-11-7-3/h20-27H,5-19H2,1-4H3. The minimum Gasteiger partial charge on any atom is -0.493 e. The number of aryl methyl sites for hydroxylation is 2. The van der Waals surface area contributed by atoms with Crippen LogP contribution in [0.25, 0.3) is 16.9 Å². The van der Waals surface area contributed by atoms with E-state index in [-0.39, 0.29) is 0 Å². The van der Waals surface area contributed by atoms with Crippen LogP contribution in [0.4, 0.5) is 0 Å². The first-order valence-corrected chi connectivity index (χ1v) is 15.3. The number of hydrogen-bond acceptors (Lipinski definition) is 0. The van der Waals surface area contributed by atoms with Crippen LogP contribution in [-0.2, 0) is 12.8 Å². The van der Waals surface area contributed by atoms with Crippen LogP contribution in [-0.4, -0.2) is 4.70 Å². The molecule has 200 valence electrons. The quantitative estimate of drug-likeness (QED) is 0.153. The molecule has 1 aliphatic rings. The Morgan fingerprint density at radius 3 is 1.32 bits per heavy atom. The third-order valence-corrected chi connectivity index (χ3v) is 7.76. The Kier molecular flexibility index (Phi) is 12.3. The molecule has 0 amide bonds. The summed E-state index contributed by atoms with van der Waals surface area (Å²) in [5.41, 5.74) is 21.5. The number of unbranched alkanes of at least 4 members (excludes halogenated alkanes) is 7. The van der Waals surface area contributed by atoms with Gasteiger partial charge in [0.2, 0.25) is 11.4 Å². The van der Waals surface area contributed by atoms with Gasteiger partial charge in [-0.15, -0.1) is 0 Å². The molecule has 0 aliphatic carbocycles. The second-order valence-electron chi connectivity index (χ2n) is 10.8. The molecule has 0 N–H and O–H groups in total. The molecule has 37 heavy (non-hydrogen) atoms. The van der Waals surface area contributed by atoms with Crippen molar-refractivity contribution < 1.29 is 4.70 Å². The Balaban J connectivity index is 1.96. The van der Waals surface area contributed by atoms with Gasteiger partial charge >= 0.3 is 0 Å². The van der Waals surface area contributed by atoms with Crippen molar-refractivity contribution in [1.29, 1.82) is 0 Å². The van der Waals surface area contributed by atoms with E-state index in [9.17, 15) is 5.53 Å². The molecule has 3 rings (SSSR count). The molecule has 1 aliphatic heterocycles. The zero-order valence-electron chi connectivity index (χ0n) is 24.1.